The van der Waals surface area contributed by atoms with Gasteiger partial charge >= 0.3 is 17.1 Å². The Balaban J connectivity index is 0.000000365. The number of amidine groups is 2. The Morgan fingerprint density at radius 2 is 0.694 bits per heavy atom. The van der Waals surface area contributed by atoms with Crippen molar-refractivity contribution < 1.29 is 22.2 Å². The minimum atomic E-state index is -1.49. The van der Waals surface area contributed by atoms with Crippen LogP contribution in [0.3, 0.4) is 0 Å². The van der Waals surface area contributed by atoms with Gasteiger partial charge in [-0.25, -0.2) is 0 Å². The Hall–Kier alpha value is -2.83. The van der Waals surface area contributed by atoms with Gasteiger partial charge < -0.3 is 24.4 Å². The summed E-state index contributed by atoms with van der Waals surface area (Å²) in [6, 6.07) is 39.5. The summed E-state index contributed by atoms with van der Waals surface area (Å²) < 4.78 is 9.78. The first-order valence-electron chi connectivity index (χ1n) is 16.7. The van der Waals surface area contributed by atoms with Crippen LogP contribution in [0.1, 0.15) is 28.4 Å². The monoisotopic (exact) mass is 765 g/mol. The molecule has 0 saturated heterocycles. The fraction of sp³-hybridized carbons (Fsp3) is 0.333. The Morgan fingerprint density at radius 3 is 0.918 bits per heavy atom. The van der Waals surface area contributed by atoms with E-state index in [-0.39, 0.29) is 17.1 Å². The third kappa shape index (κ3) is 19.8. The average molecular weight is 766 g/mol. The largest absolute Gasteiger partial charge is 3.00 e. The molecular weight excluding hydrogens is 709 g/mol. The van der Waals surface area contributed by atoms with Gasteiger partial charge in [-0.05, 0) is 11.1 Å². The summed E-state index contributed by atoms with van der Waals surface area (Å²) >= 11 is 0. The summed E-state index contributed by atoms with van der Waals surface area (Å²) in [6.45, 7) is 26.9. The van der Waals surface area contributed by atoms with Gasteiger partial charge in [-0.3, -0.25) is 0 Å². The Bertz CT molecular complexity index is 1430. The average Bonchev–Trinajstić information content (AvgIpc) is 3.00. The normalized spacial score (nSPS) is 12.4. The van der Waals surface area contributed by atoms with Gasteiger partial charge in [0.05, 0.1) is 0 Å². The van der Waals surface area contributed by atoms with Crippen molar-refractivity contribution in [3.63, 3.8) is 0 Å². The smallest absolute Gasteiger partial charge is 0.845 e. The van der Waals surface area contributed by atoms with Gasteiger partial charge in [-0.2, -0.15) is 0 Å². The number of hydrogen-bond donors (Lipinski definition) is 0. The third-order valence-electron chi connectivity index (χ3n) is 6.03. The van der Waals surface area contributed by atoms with Crippen molar-refractivity contribution >= 4 is 44.6 Å². The van der Waals surface area contributed by atoms with Crippen molar-refractivity contribution in [2.45, 2.75) is 84.7 Å². The first kappa shape index (κ1) is 44.2. The van der Waals surface area contributed by atoms with Crippen LogP contribution in [0.25, 0.3) is 9.96 Å². The molecular formula is C39H57FeN4OSi4. The molecule has 4 rings (SSSR count). The van der Waals surface area contributed by atoms with E-state index >= 15 is 0 Å². The minimum absolute atomic E-state index is 0. The van der Waals surface area contributed by atoms with Crippen LogP contribution >= 0.6 is 0 Å². The third-order valence-corrected chi connectivity index (χ3v) is 9.56. The van der Waals surface area contributed by atoms with E-state index < -0.39 is 39.0 Å². The molecule has 0 unspecified atom stereocenters. The Kier molecular flexibility index (Phi) is 18.1. The molecule has 263 valence electrons. The zero-order valence-corrected chi connectivity index (χ0v) is 36.8. The maximum atomic E-state index is 11.9. The van der Waals surface area contributed by atoms with Crippen molar-refractivity contribution in [3.05, 3.63) is 154 Å². The predicted octanol–water partition coefficient (Wildman–Crippen LogP) is 11.1. The van der Waals surface area contributed by atoms with Crippen molar-refractivity contribution in [1.29, 1.82) is 0 Å². The van der Waals surface area contributed by atoms with Gasteiger partial charge in [0.15, 0.2) is 0 Å². The van der Waals surface area contributed by atoms with E-state index in [0.717, 1.165) is 33.9 Å². The van der Waals surface area contributed by atoms with Gasteiger partial charge in [-0.15, -0.1) is 0 Å². The molecule has 10 heteroatoms. The first-order chi connectivity index (χ1) is 22.2. The molecule has 0 atom stereocenters. The number of hydrogen-bond acceptors (Lipinski definition) is 3. The molecule has 0 aliphatic carbocycles. The molecule has 4 aromatic rings. The zero-order valence-electron chi connectivity index (χ0n) is 31.7. The number of nitrogens with zero attached hydrogens (tertiary/aromatic N) is 4. The molecule has 0 amide bonds. The summed E-state index contributed by atoms with van der Waals surface area (Å²) in [6.07, 6.45) is -0.766. The molecule has 0 fully saturated rings. The molecule has 0 spiro atoms. The fourth-order valence-electron chi connectivity index (χ4n) is 4.20. The topological polar surface area (TPSA) is 76.0 Å². The second kappa shape index (κ2) is 20.1. The summed E-state index contributed by atoms with van der Waals surface area (Å²) in [5.74, 6) is 1.92. The standard InChI is InChI=1S/2C13H23N2Si2.C13H11O.Fe/c2*1-16(2,3)14-13(15-17(4,5)6)12-10-8-7-9-11-12;14-13(11-7-3-1-4-8-11)12-9-5-2-6-10-12;/h2*7-11H,1-6H3;1-10,13H;/q3*-1;+3. The van der Waals surface area contributed by atoms with E-state index in [1.54, 1.807) is 0 Å². The number of benzene rings is 4. The van der Waals surface area contributed by atoms with Gasteiger partial charge in [0.1, 0.15) is 0 Å². The van der Waals surface area contributed by atoms with Gasteiger partial charge in [0, 0.05) is 32.9 Å². The van der Waals surface area contributed by atoms with E-state index in [4.69, 9.17) is 19.3 Å². The van der Waals surface area contributed by atoms with Gasteiger partial charge in [0.2, 0.25) is 0 Å². The van der Waals surface area contributed by atoms with Crippen molar-refractivity contribution in [2.24, 2.45) is 9.32 Å². The van der Waals surface area contributed by atoms with Crippen LogP contribution in [0.2, 0.25) is 78.6 Å². The van der Waals surface area contributed by atoms with Crippen LogP contribution in [0.5, 0.6) is 0 Å². The molecule has 4 aromatic carbocycles. The number of rotatable bonds is 8. The summed E-state index contributed by atoms with van der Waals surface area (Å²) in [4.78, 5) is 9.78. The van der Waals surface area contributed by atoms with E-state index in [1.807, 2.05) is 72.8 Å². The zero-order chi connectivity index (χ0) is 36.0. The van der Waals surface area contributed by atoms with E-state index in [2.05, 4.69) is 127 Å². The van der Waals surface area contributed by atoms with Crippen LogP contribution < -0.4 is 5.11 Å². The molecule has 1 radical (unpaired) electrons. The van der Waals surface area contributed by atoms with E-state index in [1.165, 1.54) is 0 Å². The molecule has 5 nitrogen and oxygen atoms in total. The van der Waals surface area contributed by atoms with Crippen LogP contribution in [0, 0.1) is 0 Å². The van der Waals surface area contributed by atoms with Crippen molar-refractivity contribution in [1.82, 2.24) is 0 Å². The quantitative estimate of drug-likeness (QED) is 0.1000. The summed E-state index contributed by atoms with van der Waals surface area (Å²) in [5, 5.41) is 11.9. The Labute approximate surface area is 312 Å². The summed E-state index contributed by atoms with van der Waals surface area (Å²) in [7, 11) is -5.95. The maximum Gasteiger partial charge on any atom is 3.00 e. The maximum absolute atomic E-state index is 11.9. The molecule has 0 aromatic heterocycles. The SMILES string of the molecule is C[Si](C)(C)/N=C(/[N-][Si](C)(C)C)c1ccccc1.C[Si](C)(C)/N=C(/[N-][Si](C)(C)C)c1ccccc1.[Fe+3].[O-]C(c1ccccc1)c1ccccc1. The van der Waals surface area contributed by atoms with Crippen LogP contribution in [-0.2, 0) is 17.1 Å². The summed E-state index contributed by atoms with van der Waals surface area (Å²) in [5.41, 5.74) is 3.94. The van der Waals surface area contributed by atoms with Gasteiger partial charge in [0.25, 0.3) is 0 Å². The second-order valence-electron chi connectivity index (χ2n) is 15.7. The molecule has 0 aliphatic heterocycles. The molecule has 49 heavy (non-hydrogen) atoms. The predicted molar refractivity (Wildman–Crippen MR) is 221 cm³/mol. The van der Waals surface area contributed by atoms with Crippen molar-refractivity contribution in [2.75, 3.05) is 0 Å². The van der Waals surface area contributed by atoms with E-state index in [9.17, 15) is 5.11 Å². The molecule has 0 heterocycles. The first-order valence-corrected chi connectivity index (χ1v) is 30.5. The minimum Gasteiger partial charge on any atom is -0.845 e. The molecule has 0 N–H and O–H groups in total. The van der Waals surface area contributed by atoms with Crippen LogP contribution in [0.15, 0.2) is 131 Å². The van der Waals surface area contributed by atoms with Crippen LogP contribution in [0.4, 0.5) is 0 Å². The molecule has 0 bridgehead atoms. The van der Waals surface area contributed by atoms with Crippen LogP contribution in [-0.4, -0.2) is 44.6 Å². The Morgan fingerprint density at radius 1 is 0.449 bits per heavy atom. The molecule has 0 aliphatic rings. The fourth-order valence-corrected chi connectivity index (χ4v) is 7.66. The second-order valence-corrected chi connectivity index (χ2v) is 34.0. The van der Waals surface area contributed by atoms with E-state index in [0.29, 0.717) is 0 Å². The molecule has 0 saturated carbocycles. The van der Waals surface area contributed by atoms with Crippen molar-refractivity contribution in [3.8, 4) is 0 Å². The van der Waals surface area contributed by atoms with Gasteiger partial charge in [-0.1, -0.05) is 229 Å².